The Labute approximate surface area is 122 Å². The molecule has 0 saturated carbocycles. The van der Waals surface area contributed by atoms with Crippen LogP contribution >= 0.6 is 0 Å². The summed E-state index contributed by atoms with van der Waals surface area (Å²) in [6.07, 6.45) is 5.46. The molecular weight excluding hydrogens is 276 g/mol. The number of pyridine rings is 1. The number of ketones is 1. The van der Waals surface area contributed by atoms with Gasteiger partial charge in [-0.25, -0.2) is 4.79 Å². The van der Waals surface area contributed by atoms with Crippen molar-refractivity contribution in [1.82, 2.24) is 9.88 Å². The molecule has 7 heteroatoms. The molecule has 0 amide bonds. The van der Waals surface area contributed by atoms with Crippen LogP contribution in [0, 0.1) is 0 Å². The molecule has 0 unspecified atom stereocenters. The highest BCUT2D eigenvalue weighted by molar-refractivity contribution is 6.35. The van der Waals surface area contributed by atoms with E-state index in [4.69, 9.17) is 10.2 Å². The van der Waals surface area contributed by atoms with Crippen LogP contribution in [0.3, 0.4) is 0 Å². The van der Waals surface area contributed by atoms with Gasteiger partial charge in [-0.1, -0.05) is 6.07 Å². The van der Waals surface area contributed by atoms with Crippen molar-refractivity contribution in [2.24, 2.45) is 0 Å². The molecule has 1 aliphatic heterocycles. The van der Waals surface area contributed by atoms with Gasteiger partial charge in [0.15, 0.2) is 0 Å². The molecule has 1 aromatic heterocycles. The monoisotopic (exact) mass is 294 g/mol. The lowest BCUT2D eigenvalue weighted by molar-refractivity contribution is -0.152. The van der Waals surface area contributed by atoms with E-state index in [9.17, 15) is 14.4 Å². The summed E-state index contributed by atoms with van der Waals surface area (Å²) in [6, 6.07) is 4.79. The molecular formula is C14H18N2O5. The Kier molecular flexibility index (Phi) is 6.48. The SMILES string of the molecule is CN1CCC[C@H]1c1cccnc1.O=C(O)CC(=O)C(=O)O. The lowest BCUT2D eigenvalue weighted by atomic mass is 10.1. The number of carbonyl (C=O) groups is 3. The second-order valence-electron chi connectivity index (χ2n) is 4.72. The zero-order chi connectivity index (χ0) is 15.8. The minimum atomic E-state index is -1.71. The normalized spacial score (nSPS) is 17.7. The van der Waals surface area contributed by atoms with Crippen molar-refractivity contribution in [3.63, 3.8) is 0 Å². The topological polar surface area (TPSA) is 108 Å². The molecule has 0 bridgehead atoms. The summed E-state index contributed by atoms with van der Waals surface area (Å²) in [7, 11) is 2.19. The predicted molar refractivity (Wildman–Crippen MR) is 73.7 cm³/mol. The molecule has 1 fully saturated rings. The van der Waals surface area contributed by atoms with E-state index in [1.54, 1.807) is 0 Å². The molecule has 0 radical (unpaired) electrons. The Morgan fingerprint density at radius 2 is 2.10 bits per heavy atom. The average molecular weight is 294 g/mol. The van der Waals surface area contributed by atoms with Crippen molar-refractivity contribution in [3.8, 4) is 0 Å². The largest absolute Gasteiger partial charge is 0.481 e. The summed E-state index contributed by atoms with van der Waals surface area (Å²) in [4.78, 5) is 35.8. The Morgan fingerprint density at radius 1 is 1.38 bits per heavy atom. The molecule has 2 N–H and O–H groups in total. The first-order valence-electron chi connectivity index (χ1n) is 6.50. The van der Waals surface area contributed by atoms with Gasteiger partial charge in [-0.05, 0) is 38.1 Å². The standard InChI is InChI=1S/C10H14N2.C4H4O5/c1-12-7-3-5-10(12)9-4-2-6-11-8-9;5-2(4(8)9)1-3(6)7/h2,4,6,8,10H,3,5,7H2,1H3;1H2,(H,6,7)(H,8,9)/t10-;/m0./s1. The summed E-state index contributed by atoms with van der Waals surface area (Å²) < 4.78 is 0. The average Bonchev–Trinajstić information content (AvgIpc) is 2.86. The molecule has 7 nitrogen and oxygen atoms in total. The van der Waals surface area contributed by atoms with E-state index in [0.29, 0.717) is 6.04 Å². The first kappa shape index (κ1) is 16.8. The van der Waals surface area contributed by atoms with Gasteiger partial charge in [-0.3, -0.25) is 19.5 Å². The van der Waals surface area contributed by atoms with Crippen molar-refractivity contribution >= 4 is 17.7 Å². The quantitative estimate of drug-likeness (QED) is 0.629. The maximum Gasteiger partial charge on any atom is 0.372 e. The molecule has 0 spiro atoms. The molecule has 2 heterocycles. The van der Waals surface area contributed by atoms with E-state index in [-0.39, 0.29) is 0 Å². The summed E-state index contributed by atoms with van der Waals surface area (Å²) in [6.45, 7) is 1.22. The molecule has 1 saturated heterocycles. The van der Waals surface area contributed by atoms with Gasteiger partial charge in [0.2, 0.25) is 0 Å². The molecule has 0 aromatic carbocycles. The maximum atomic E-state index is 9.97. The molecule has 21 heavy (non-hydrogen) atoms. The minimum Gasteiger partial charge on any atom is -0.481 e. The number of Topliss-reactive ketones (excluding diaryl/α,β-unsaturated/α-hetero) is 1. The second-order valence-corrected chi connectivity index (χ2v) is 4.72. The van der Waals surface area contributed by atoms with Crippen LogP contribution in [-0.2, 0) is 14.4 Å². The number of aliphatic carboxylic acids is 2. The van der Waals surface area contributed by atoms with Crippen molar-refractivity contribution in [2.75, 3.05) is 13.6 Å². The third-order valence-corrected chi connectivity index (χ3v) is 3.14. The van der Waals surface area contributed by atoms with E-state index < -0.39 is 24.1 Å². The van der Waals surface area contributed by atoms with Crippen LogP contribution in [0.15, 0.2) is 24.5 Å². The van der Waals surface area contributed by atoms with Crippen LogP contribution in [-0.4, -0.2) is 51.4 Å². The van der Waals surface area contributed by atoms with Gasteiger partial charge in [0.1, 0.15) is 6.42 Å². The highest BCUT2D eigenvalue weighted by atomic mass is 16.4. The molecule has 1 atom stereocenters. The first-order chi connectivity index (χ1) is 9.91. The third-order valence-electron chi connectivity index (χ3n) is 3.14. The smallest absolute Gasteiger partial charge is 0.372 e. The van der Waals surface area contributed by atoms with E-state index in [1.807, 2.05) is 18.5 Å². The van der Waals surface area contributed by atoms with Crippen LogP contribution in [0.1, 0.15) is 30.9 Å². The van der Waals surface area contributed by atoms with Gasteiger partial charge < -0.3 is 10.2 Å². The van der Waals surface area contributed by atoms with Crippen molar-refractivity contribution < 1.29 is 24.6 Å². The lowest BCUT2D eigenvalue weighted by Gasteiger charge is -2.18. The van der Waals surface area contributed by atoms with E-state index in [0.717, 1.165) is 0 Å². The van der Waals surface area contributed by atoms with Crippen LogP contribution in [0.2, 0.25) is 0 Å². The Bertz CT molecular complexity index is 503. The number of nitrogens with zero attached hydrogens (tertiary/aromatic N) is 2. The van der Waals surface area contributed by atoms with Crippen LogP contribution in [0.25, 0.3) is 0 Å². The Hall–Kier alpha value is -2.28. The number of carbonyl (C=O) groups excluding carboxylic acids is 1. The third kappa shape index (κ3) is 5.70. The summed E-state index contributed by atoms with van der Waals surface area (Å²) in [5.41, 5.74) is 1.36. The number of aromatic nitrogens is 1. The fourth-order valence-electron chi connectivity index (χ4n) is 2.12. The van der Waals surface area contributed by atoms with Crippen molar-refractivity contribution in [2.45, 2.75) is 25.3 Å². The number of carboxylic acid groups (broad SMARTS) is 2. The zero-order valence-corrected chi connectivity index (χ0v) is 11.7. The number of hydrogen-bond acceptors (Lipinski definition) is 5. The maximum absolute atomic E-state index is 9.97. The second kappa shape index (κ2) is 8.11. The summed E-state index contributed by atoms with van der Waals surface area (Å²) in [5.74, 6) is -4.44. The Balaban J connectivity index is 0.000000222. The molecule has 114 valence electrons. The van der Waals surface area contributed by atoms with Crippen LogP contribution in [0.5, 0.6) is 0 Å². The molecule has 0 aliphatic carbocycles. The number of likely N-dealkylation sites (tertiary alicyclic amines) is 1. The highest BCUT2D eigenvalue weighted by Gasteiger charge is 2.21. The summed E-state index contributed by atoms with van der Waals surface area (Å²) in [5, 5.41) is 15.7. The van der Waals surface area contributed by atoms with E-state index >= 15 is 0 Å². The van der Waals surface area contributed by atoms with E-state index in [1.165, 1.54) is 24.9 Å². The molecule has 1 aromatic rings. The van der Waals surface area contributed by atoms with Crippen molar-refractivity contribution in [3.05, 3.63) is 30.1 Å². The van der Waals surface area contributed by atoms with Gasteiger partial charge in [0.25, 0.3) is 5.78 Å². The fourth-order valence-corrected chi connectivity index (χ4v) is 2.12. The molecule has 1 aliphatic rings. The van der Waals surface area contributed by atoms with Crippen molar-refractivity contribution in [1.29, 1.82) is 0 Å². The van der Waals surface area contributed by atoms with Gasteiger partial charge in [-0.15, -0.1) is 0 Å². The predicted octanol–water partition coefficient (Wildman–Crippen LogP) is 0.963. The van der Waals surface area contributed by atoms with Gasteiger partial charge in [0.05, 0.1) is 0 Å². The first-order valence-corrected chi connectivity index (χ1v) is 6.50. The van der Waals surface area contributed by atoms with Gasteiger partial charge >= 0.3 is 11.9 Å². The number of hydrogen-bond donors (Lipinski definition) is 2. The van der Waals surface area contributed by atoms with Crippen LogP contribution in [0.4, 0.5) is 0 Å². The van der Waals surface area contributed by atoms with Gasteiger partial charge in [0, 0.05) is 18.4 Å². The highest BCUT2D eigenvalue weighted by Crippen LogP contribution is 2.29. The Morgan fingerprint density at radius 3 is 2.48 bits per heavy atom. The molecule has 2 rings (SSSR count). The number of carboxylic acids is 2. The lowest BCUT2D eigenvalue weighted by Crippen LogP contribution is -2.17. The van der Waals surface area contributed by atoms with Crippen LogP contribution < -0.4 is 0 Å². The van der Waals surface area contributed by atoms with Gasteiger partial charge in [-0.2, -0.15) is 0 Å². The minimum absolute atomic E-state index is 0.610. The number of rotatable bonds is 4. The van der Waals surface area contributed by atoms with E-state index in [2.05, 4.69) is 23.0 Å². The summed E-state index contributed by atoms with van der Waals surface area (Å²) >= 11 is 0. The fraction of sp³-hybridized carbons (Fsp3) is 0.429. The zero-order valence-electron chi connectivity index (χ0n) is 11.7.